The first kappa shape index (κ1) is 23.0. The molecule has 1 aliphatic rings. The van der Waals surface area contributed by atoms with Crippen LogP contribution < -0.4 is 4.90 Å². The molecular formula is C24H28N6O2S. The second-order valence-corrected chi connectivity index (χ2v) is 10.4. The summed E-state index contributed by atoms with van der Waals surface area (Å²) in [5, 5.41) is 9.46. The van der Waals surface area contributed by atoms with Gasteiger partial charge in [-0.05, 0) is 48.2 Å². The molecule has 1 atom stereocenters. The maximum Gasteiger partial charge on any atom is 0.214 e. The SMILES string of the molecule is CCCS(=O)(=O)N1Cc2cc(C#N)ccc2N(Cc2nccn2C)C[C@H]1Cc1cccnc1. The molecule has 8 nitrogen and oxygen atoms in total. The topological polar surface area (TPSA) is 95.1 Å². The third-order valence-corrected chi connectivity index (χ3v) is 8.05. The lowest BCUT2D eigenvalue weighted by Crippen LogP contribution is -2.46. The van der Waals surface area contributed by atoms with Crippen molar-refractivity contribution in [2.45, 2.75) is 38.9 Å². The molecule has 0 saturated heterocycles. The highest BCUT2D eigenvalue weighted by molar-refractivity contribution is 7.89. The van der Waals surface area contributed by atoms with Crippen molar-refractivity contribution < 1.29 is 8.42 Å². The minimum Gasteiger partial charge on any atom is -0.362 e. The fourth-order valence-corrected chi connectivity index (χ4v) is 6.04. The molecule has 0 saturated carbocycles. The number of nitriles is 1. The number of aromatic nitrogens is 3. The van der Waals surface area contributed by atoms with Crippen LogP contribution >= 0.6 is 0 Å². The predicted octanol–water partition coefficient (Wildman–Crippen LogP) is 2.86. The van der Waals surface area contributed by atoms with Crippen LogP contribution in [0.1, 0.15) is 35.9 Å². The molecule has 172 valence electrons. The summed E-state index contributed by atoms with van der Waals surface area (Å²) in [5.74, 6) is 0.971. The van der Waals surface area contributed by atoms with E-state index in [2.05, 4.69) is 20.9 Å². The van der Waals surface area contributed by atoms with Gasteiger partial charge in [-0.2, -0.15) is 9.57 Å². The Balaban J connectivity index is 1.80. The van der Waals surface area contributed by atoms with Gasteiger partial charge in [0.05, 0.1) is 23.9 Å². The third kappa shape index (κ3) is 5.07. The summed E-state index contributed by atoms with van der Waals surface area (Å²) in [6, 6.07) is 11.3. The van der Waals surface area contributed by atoms with Gasteiger partial charge in [-0.1, -0.05) is 13.0 Å². The molecular weight excluding hydrogens is 436 g/mol. The average Bonchev–Trinajstić information content (AvgIpc) is 3.13. The zero-order valence-electron chi connectivity index (χ0n) is 18.9. The summed E-state index contributed by atoms with van der Waals surface area (Å²) in [7, 11) is -1.55. The van der Waals surface area contributed by atoms with Gasteiger partial charge in [-0.15, -0.1) is 0 Å². The van der Waals surface area contributed by atoms with Crippen LogP contribution in [0.4, 0.5) is 5.69 Å². The summed E-state index contributed by atoms with van der Waals surface area (Å²) in [6.07, 6.45) is 8.26. The Morgan fingerprint density at radius 3 is 2.76 bits per heavy atom. The smallest absolute Gasteiger partial charge is 0.214 e. The fraction of sp³-hybridized carbons (Fsp3) is 0.375. The zero-order chi connectivity index (χ0) is 23.4. The maximum absolute atomic E-state index is 13.4. The number of benzene rings is 1. The Morgan fingerprint density at radius 1 is 1.24 bits per heavy atom. The lowest BCUT2D eigenvalue weighted by molar-refractivity contribution is 0.317. The molecule has 0 radical (unpaired) electrons. The minimum atomic E-state index is -3.50. The predicted molar refractivity (Wildman–Crippen MR) is 127 cm³/mol. The highest BCUT2D eigenvalue weighted by Crippen LogP contribution is 2.32. The van der Waals surface area contributed by atoms with Gasteiger partial charge in [-0.3, -0.25) is 4.98 Å². The summed E-state index contributed by atoms with van der Waals surface area (Å²) in [6.45, 7) is 3.15. The molecule has 9 heteroatoms. The van der Waals surface area contributed by atoms with Gasteiger partial charge in [0.1, 0.15) is 5.82 Å². The van der Waals surface area contributed by atoms with Crippen LogP contribution in [0.2, 0.25) is 0 Å². The standard InChI is InChI=1S/C24H28N6O2S/c1-3-11-33(31,32)30-16-21-12-19(14-25)6-7-23(21)29(18-24-27-9-10-28(24)2)17-22(30)13-20-5-4-8-26-15-20/h4-10,12,15,22H,3,11,13,16-18H2,1-2H3/t22-/m1/s1. The Labute approximate surface area is 195 Å². The van der Waals surface area contributed by atoms with Gasteiger partial charge in [0, 0.05) is 56.7 Å². The molecule has 33 heavy (non-hydrogen) atoms. The zero-order valence-corrected chi connectivity index (χ0v) is 19.7. The molecule has 0 bridgehead atoms. The third-order valence-electron chi connectivity index (χ3n) is 5.98. The Hall–Kier alpha value is -3.22. The monoisotopic (exact) mass is 464 g/mol. The van der Waals surface area contributed by atoms with Crippen molar-refractivity contribution >= 4 is 15.7 Å². The molecule has 0 amide bonds. The molecule has 3 aromatic rings. The van der Waals surface area contributed by atoms with Crippen LogP contribution in [-0.2, 0) is 36.6 Å². The van der Waals surface area contributed by atoms with E-state index in [0.717, 1.165) is 22.6 Å². The highest BCUT2D eigenvalue weighted by Gasteiger charge is 2.35. The van der Waals surface area contributed by atoms with Gasteiger partial charge in [0.15, 0.2) is 0 Å². The first-order valence-corrected chi connectivity index (χ1v) is 12.6. The number of pyridine rings is 1. The van der Waals surface area contributed by atoms with Crippen molar-refractivity contribution in [3.63, 3.8) is 0 Å². The van der Waals surface area contributed by atoms with E-state index >= 15 is 0 Å². The normalized spacial score (nSPS) is 16.8. The van der Waals surface area contributed by atoms with Crippen molar-refractivity contribution in [3.8, 4) is 6.07 Å². The van der Waals surface area contributed by atoms with E-state index < -0.39 is 10.0 Å². The molecule has 0 aliphatic carbocycles. The van der Waals surface area contributed by atoms with Crippen molar-refractivity contribution in [1.29, 1.82) is 5.26 Å². The van der Waals surface area contributed by atoms with Gasteiger partial charge >= 0.3 is 0 Å². The largest absolute Gasteiger partial charge is 0.362 e. The first-order valence-electron chi connectivity index (χ1n) is 11.0. The summed E-state index contributed by atoms with van der Waals surface area (Å²) >= 11 is 0. The number of rotatable bonds is 7. The van der Waals surface area contributed by atoms with Gasteiger partial charge in [0.25, 0.3) is 0 Å². The Kier molecular flexibility index (Phi) is 6.77. The lowest BCUT2D eigenvalue weighted by Gasteiger charge is -2.32. The van der Waals surface area contributed by atoms with Crippen molar-refractivity contribution in [2.24, 2.45) is 7.05 Å². The minimum absolute atomic E-state index is 0.0865. The van der Waals surface area contributed by atoms with Crippen LogP contribution in [-0.4, -0.2) is 45.6 Å². The average molecular weight is 465 g/mol. The Bertz CT molecular complexity index is 1250. The number of sulfonamides is 1. The molecule has 0 spiro atoms. The fourth-order valence-electron chi connectivity index (χ4n) is 4.36. The van der Waals surface area contributed by atoms with E-state index in [4.69, 9.17) is 0 Å². The molecule has 4 rings (SSSR count). The number of anilines is 1. The number of nitrogens with zero attached hydrogens (tertiary/aromatic N) is 6. The molecule has 1 aliphatic heterocycles. The van der Waals surface area contributed by atoms with Crippen LogP contribution in [0.3, 0.4) is 0 Å². The second kappa shape index (κ2) is 9.73. The number of hydrogen-bond acceptors (Lipinski definition) is 6. The summed E-state index contributed by atoms with van der Waals surface area (Å²) in [5.41, 5.74) is 3.27. The van der Waals surface area contributed by atoms with Crippen LogP contribution in [0.25, 0.3) is 0 Å². The van der Waals surface area contributed by atoms with E-state index in [9.17, 15) is 13.7 Å². The highest BCUT2D eigenvalue weighted by atomic mass is 32.2. The number of imidazole rings is 1. The lowest BCUT2D eigenvalue weighted by atomic mass is 10.1. The second-order valence-electron chi connectivity index (χ2n) is 8.37. The van der Waals surface area contributed by atoms with Gasteiger partial charge in [0.2, 0.25) is 10.0 Å². The van der Waals surface area contributed by atoms with Crippen LogP contribution in [0.15, 0.2) is 55.1 Å². The Morgan fingerprint density at radius 2 is 2.09 bits per heavy atom. The molecule has 0 N–H and O–H groups in total. The maximum atomic E-state index is 13.4. The van der Waals surface area contributed by atoms with Crippen molar-refractivity contribution in [1.82, 2.24) is 18.8 Å². The van der Waals surface area contributed by atoms with E-state index in [1.807, 2.05) is 49.0 Å². The molecule has 1 aromatic carbocycles. The quantitative estimate of drug-likeness (QED) is 0.534. The number of aryl methyl sites for hydroxylation is 1. The molecule has 0 unspecified atom stereocenters. The van der Waals surface area contributed by atoms with E-state index in [1.165, 1.54) is 0 Å². The van der Waals surface area contributed by atoms with Gasteiger partial charge < -0.3 is 9.47 Å². The van der Waals surface area contributed by atoms with E-state index in [-0.39, 0.29) is 18.3 Å². The summed E-state index contributed by atoms with van der Waals surface area (Å²) in [4.78, 5) is 10.9. The van der Waals surface area contributed by atoms with Crippen molar-refractivity contribution in [3.05, 3.63) is 77.6 Å². The molecule has 0 fully saturated rings. The van der Waals surface area contributed by atoms with Crippen LogP contribution in [0, 0.1) is 11.3 Å². The number of fused-ring (bicyclic) bond motifs is 1. The molecule has 3 heterocycles. The van der Waals surface area contributed by atoms with E-state index in [1.54, 1.807) is 29.0 Å². The van der Waals surface area contributed by atoms with E-state index in [0.29, 0.717) is 31.5 Å². The van der Waals surface area contributed by atoms with Crippen molar-refractivity contribution in [2.75, 3.05) is 17.2 Å². The molecule has 2 aromatic heterocycles. The summed E-state index contributed by atoms with van der Waals surface area (Å²) < 4.78 is 30.4. The van der Waals surface area contributed by atoms with Crippen LogP contribution in [0.5, 0.6) is 0 Å². The van der Waals surface area contributed by atoms with Gasteiger partial charge in [-0.25, -0.2) is 13.4 Å². The first-order chi connectivity index (χ1) is 15.9. The number of hydrogen-bond donors (Lipinski definition) is 0.